The predicted molar refractivity (Wildman–Crippen MR) is 98.2 cm³/mol. The molecule has 1 atom stereocenters. The molecule has 0 aliphatic rings. The van der Waals surface area contributed by atoms with Gasteiger partial charge in [-0.25, -0.2) is 0 Å². The molecule has 130 valence electrons. The first-order valence-corrected chi connectivity index (χ1v) is 8.38. The first kappa shape index (κ1) is 18.6. The van der Waals surface area contributed by atoms with E-state index in [0.717, 1.165) is 29.5 Å². The molecule has 0 heterocycles. The van der Waals surface area contributed by atoms with Crippen molar-refractivity contribution in [1.29, 1.82) is 0 Å². The van der Waals surface area contributed by atoms with E-state index in [1.54, 1.807) is 0 Å². The zero-order valence-electron chi connectivity index (χ0n) is 14.7. The maximum atomic E-state index is 11.1. The van der Waals surface area contributed by atoms with Crippen LogP contribution in [0, 0.1) is 6.92 Å². The monoisotopic (exact) mass is 337 g/mol. The summed E-state index contributed by atoms with van der Waals surface area (Å²) < 4.78 is 4.64. The highest BCUT2D eigenvalue weighted by atomic mass is 16.5. The van der Waals surface area contributed by atoms with Gasteiger partial charge in [-0.15, -0.1) is 0 Å². The van der Waals surface area contributed by atoms with Gasteiger partial charge in [0.1, 0.15) is 0 Å². The highest BCUT2D eigenvalue weighted by Crippen LogP contribution is 2.24. The number of nitrogens with zero attached hydrogens (tertiary/aromatic N) is 3. The summed E-state index contributed by atoms with van der Waals surface area (Å²) in [7, 11) is 1.40. The highest BCUT2D eigenvalue weighted by molar-refractivity contribution is 5.69. The van der Waals surface area contributed by atoms with Crippen LogP contribution in [0.2, 0.25) is 0 Å². The number of methoxy groups -OCH3 is 1. The highest BCUT2D eigenvalue weighted by Gasteiger charge is 2.11. The van der Waals surface area contributed by atoms with E-state index in [9.17, 15) is 4.79 Å². The Morgan fingerprint density at radius 1 is 1.12 bits per heavy atom. The fraction of sp³-hybridized carbons (Fsp3) is 0.350. The largest absolute Gasteiger partial charge is 0.469 e. The second kappa shape index (κ2) is 9.50. The standard InChI is InChI=1S/C20H23N3O2/c1-15-6-8-17(9-7-15)14-19(22-23-21)18-12-10-16(11-13-18)4-3-5-20(24)25-2/h6-13,19H,3-5,14H2,1-2H3. The molecule has 0 amide bonds. The zero-order chi connectivity index (χ0) is 18.1. The molecule has 0 saturated heterocycles. The second-order valence-corrected chi connectivity index (χ2v) is 6.08. The molecule has 0 aliphatic heterocycles. The Morgan fingerprint density at radius 3 is 2.36 bits per heavy atom. The zero-order valence-corrected chi connectivity index (χ0v) is 14.7. The SMILES string of the molecule is COC(=O)CCCc1ccc(C(Cc2ccc(C)cc2)N=[N+]=[N-])cc1. The molecule has 0 aliphatic carbocycles. The summed E-state index contributed by atoms with van der Waals surface area (Å²) in [6.07, 6.45) is 2.67. The third kappa shape index (κ3) is 5.98. The van der Waals surface area contributed by atoms with Gasteiger partial charge in [0.15, 0.2) is 0 Å². The third-order valence-corrected chi connectivity index (χ3v) is 4.18. The number of carbonyl (C=O) groups excluding carboxylic acids is 1. The minimum absolute atomic E-state index is 0.182. The molecule has 0 bridgehead atoms. The molecule has 0 saturated carbocycles. The number of azide groups is 1. The number of aryl methyl sites for hydroxylation is 2. The van der Waals surface area contributed by atoms with Gasteiger partial charge in [-0.2, -0.15) is 0 Å². The second-order valence-electron chi connectivity index (χ2n) is 6.08. The number of carbonyl (C=O) groups is 1. The molecule has 5 heteroatoms. The molecule has 0 N–H and O–H groups in total. The normalized spacial score (nSPS) is 11.4. The summed E-state index contributed by atoms with van der Waals surface area (Å²) in [6.45, 7) is 2.05. The molecule has 2 rings (SSSR count). The van der Waals surface area contributed by atoms with Crippen LogP contribution in [0.3, 0.4) is 0 Å². The molecule has 1 unspecified atom stereocenters. The molecule has 0 fully saturated rings. The smallest absolute Gasteiger partial charge is 0.305 e. The average molecular weight is 337 g/mol. The first-order chi connectivity index (χ1) is 12.1. The number of hydrogen-bond donors (Lipinski definition) is 0. The Morgan fingerprint density at radius 2 is 1.76 bits per heavy atom. The van der Waals surface area contributed by atoms with Crippen molar-refractivity contribution in [1.82, 2.24) is 0 Å². The topological polar surface area (TPSA) is 75.1 Å². The average Bonchev–Trinajstić information content (AvgIpc) is 2.63. The van der Waals surface area contributed by atoms with Crippen molar-refractivity contribution in [3.8, 4) is 0 Å². The van der Waals surface area contributed by atoms with Crippen LogP contribution in [0.1, 0.15) is 41.1 Å². The van der Waals surface area contributed by atoms with Gasteiger partial charge >= 0.3 is 5.97 Å². The van der Waals surface area contributed by atoms with Crippen molar-refractivity contribution < 1.29 is 9.53 Å². The van der Waals surface area contributed by atoms with E-state index < -0.39 is 0 Å². The number of ether oxygens (including phenoxy) is 1. The third-order valence-electron chi connectivity index (χ3n) is 4.18. The number of rotatable bonds is 8. The van der Waals surface area contributed by atoms with Crippen molar-refractivity contribution in [3.63, 3.8) is 0 Å². The van der Waals surface area contributed by atoms with E-state index in [2.05, 4.69) is 39.0 Å². The van der Waals surface area contributed by atoms with Crippen LogP contribution in [0.5, 0.6) is 0 Å². The summed E-state index contributed by atoms with van der Waals surface area (Å²) in [5.41, 5.74) is 13.4. The van der Waals surface area contributed by atoms with Crippen LogP contribution in [0.4, 0.5) is 0 Å². The summed E-state index contributed by atoms with van der Waals surface area (Å²) in [5.74, 6) is -0.182. The van der Waals surface area contributed by atoms with Crippen molar-refractivity contribution in [2.45, 2.75) is 38.6 Å². The molecule has 2 aromatic carbocycles. The lowest BCUT2D eigenvalue weighted by Gasteiger charge is -2.13. The van der Waals surface area contributed by atoms with Gasteiger partial charge in [0.25, 0.3) is 0 Å². The molecule has 5 nitrogen and oxygen atoms in total. The van der Waals surface area contributed by atoms with E-state index in [0.29, 0.717) is 12.8 Å². The van der Waals surface area contributed by atoms with E-state index in [4.69, 9.17) is 5.53 Å². The van der Waals surface area contributed by atoms with Crippen molar-refractivity contribution >= 4 is 5.97 Å². The van der Waals surface area contributed by atoms with Crippen molar-refractivity contribution in [3.05, 3.63) is 81.2 Å². The van der Waals surface area contributed by atoms with Gasteiger partial charge in [-0.3, -0.25) is 4.79 Å². The Balaban J connectivity index is 2.02. The minimum atomic E-state index is -0.225. The first-order valence-electron chi connectivity index (χ1n) is 8.38. The van der Waals surface area contributed by atoms with Gasteiger partial charge in [-0.1, -0.05) is 59.2 Å². The summed E-state index contributed by atoms with van der Waals surface area (Å²) in [5, 5.41) is 3.96. The van der Waals surface area contributed by atoms with Crippen LogP contribution in [0.25, 0.3) is 10.4 Å². The lowest BCUT2D eigenvalue weighted by molar-refractivity contribution is -0.140. The molecule has 0 radical (unpaired) electrons. The summed E-state index contributed by atoms with van der Waals surface area (Å²) in [4.78, 5) is 14.1. The van der Waals surface area contributed by atoms with Gasteiger partial charge in [-0.05, 0) is 48.4 Å². The minimum Gasteiger partial charge on any atom is -0.469 e. The molecule has 2 aromatic rings. The quantitative estimate of drug-likeness (QED) is 0.291. The number of benzene rings is 2. The van der Waals surface area contributed by atoms with E-state index in [-0.39, 0.29) is 12.0 Å². The fourth-order valence-corrected chi connectivity index (χ4v) is 2.68. The fourth-order valence-electron chi connectivity index (χ4n) is 2.68. The molecule has 25 heavy (non-hydrogen) atoms. The molecule has 0 spiro atoms. The van der Waals surface area contributed by atoms with Gasteiger partial charge in [0.05, 0.1) is 13.2 Å². The number of hydrogen-bond acceptors (Lipinski definition) is 3. The van der Waals surface area contributed by atoms with Gasteiger partial charge in [0, 0.05) is 11.3 Å². The van der Waals surface area contributed by atoms with Gasteiger partial charge < -0.3 is 4.74 Å². The van der Waals surface area contributed by atoms with Crippen LogP contribution >= 0.6 is 0 Å². The molecular weight excluding hydrogens is 314 g/mol. The van der Waals surface area contributed by atoms with Gasteiger partial charge in [0.2, 0.25) is 0 Å². The summed E-state index contributed by atoms with van der Waals surface area (Å²) in [6, 6.07) is 16.1. The Kier molecular flexibility index (Phi) is 7.05. The van der Waals surface area contributed by atoms with Crippen molar-refractivity contribution in [2.75, 3.05) is 7.11 Å². The lowest BCUT2D eigenvalue weighted by atomic mass is 9.97. The maximum Gasteiger partial charge on any atom is 0.305 e. The number of esters is 1. The van der Waals surface area contributed by atoms with Crippen LogP contribution < -0.4 is 0 Å². The van der Waals surface area contributed by atoms with E-state index in [1.165, 1.54) is 12.7 Å². The summed E-state index contributed by atoms with van der Waals surface area (Å²) >= 11 is 0. The molecule has 0 aromatic heterocycles. The Bertz CT molecular complexity index is 733. The van der Waals surface area contributed by atoms with Crippen molar-refractivity contribution in [2.24, 2.45) is 5.11 Å². The Hall–Kier alpha value is -2.78. The van der Waals surface area contributed by atoms with Crippen LogP contribution in [-0.4, -0.2) is 13.1 Å². The van der Waals surface area contributed by atoms with Crippen LogP contribution in [0.15, 0.2) is 53.6 Å². The Labute approximate surface area is 148 Å². The maximum absolute atomic E-state index is 11.1. The van der Waals surface area contributed by atoms with Crippen LogP contribution in [-0.2, 0) is 22.4 Å². The van der Waals surface area contributed by atoms with E-state index >= 15 is 0 Å². The molecular formula is C20H23N3O2. The van der Waals surface area contributed by atoms with E-state index in [1.807, 2.05) is 31.2 Å². The predicted octanol–water partition coefficient (Wildman–Crippen LogP) is 5.08. The lowest BCUT2D eigenvalue weighted by Crippen LogP contribution is -2.01.